The predicted octanol–water partition coefficient (Wildman–Crippen LogP) is 2.24. The van der Waals surface area contributed by atoms with Crippen LogP contribution >= 0.6 is 12.4 Å². The Morgan fingerprint density at radius 3 is 2.53 bits per heavy atom. The molecule has 1 aliphatic carbocycles. The van der Waals surface area contributed by atoms with E-state index in [1.54, 1.807) is 4.90 Å². The topological polar surface area (TPSA) is 46.3 Å². The minimum absolute atomic E-state index is 0. The Bertz CT molecular complexity index is 392. The van der Waals surface area contributed by atoms with Crippen molar-refractivity contribution in [2.45, 2.75) is 31.7 Å². The number of hydrogen-bond donors (Lipinski definition) is 1. The maximum absolute atomic E-state index is 12.1. The van der Waals surface area contributed by atoms with E-state index in [4.69, 9.17) is 5.73 Å². The maximum atomic E-state index is 12.1. The van der Waals surface area contributed by atoms with E-state index in [0.717, 1.165) is 12.1 Å². The molecule has 0 heterocycles. The van der Waals surface area contributed by atoms with Crippen LogP contribution in [0.4, 0.5) is 0 Å². The number of nitrogens with two attached hydrogens (primary N) is 1. The SMILES string of the molecule is CN(CC1CCC1)C(=O)[C@@H](N)Cc1ccccc1.Cl. The van der Waals surface area contributed by atoms with Gasteiger partial charge >= 0.3 is 0 Å². The lowest BCUT2D eigenvalue weighted by molar-refractivity contribution is -0.132. The second kappa shape index (κ2) is 7.51. The number of hydrogen-bond acceptors (Lipinski definition) is 2. The molecule has 0 bridgehead atoms. The summed E-state index contributed by atoms with van der Waals surface area (Å²) in [6.07, 6.45) is 4.44. The van der Waals surface area contributed by atoms with Crippen molar-refractivity contribution in [3.63, 3.8) is 0 Å². The predicted molar refractivity (Wildman–Crippen MR) is 80.3 cm³/mol. The molecule has 0 aromatic heterocycles. The van der Waals surface area contributed by atoms with Gasteiger partial charge in [-0.15, -0.1) is 12.4 Å². The number of carbonyl (C=O) groups is 1. The van der Waals surface area contributed by atoms with Crippen molar-refractivity contribution in [3.8, 4) is 0 Å². The van der Waals surface area contributed by atoms with Crippen molar-refractivity contribution >= 4 is 18.3 Å². The van der Waals surface area contributed by atoms with Crippen molar-refractivity contribution in [3.05, 3.63) is 35.9 Å². The Hall–Kier alpha value is -1.06. The molecular formula is C15H23ClN2O. The molecule has 0 unspecified atom stereocenters. The van der Waals surface area contributed by atoms with E-state index in [1.165, 1.54) is 19.3 Å². The lowest BCUT2D eigenvalue weighted by Gasteiger charge is -2.31. The van der Waals surface area contributed by atoms with Crippen LogP contribution in [0.15, 0.2) is 30.3 Å². The molecule has 106 valence electrons. The van der Waals surface area contributed by atoms with Gasteiger partial charge in [0.25, 0.3) is 0 Å². The second-order valence-corrected chi connectivity index (χ2v) is 5.31. The van der Waals surface area contributed by atoms with Gasteiger partial charge in [-0.25, -0.2) is 0 Å². The lowest BCUT2D eigenvalue weighted by atomic mass is 9.85. The summed E-state index contributed by atoms with van der Waals surface area (Å²) in [5.41, 5.74) is 7.11. The highest BCUT2D eigenvalue weighted by Gasteiger charge is 2.24. The Balaban J connectivity index is 0.00000180. The monoisotopic (exact) mass is 282 g/mol. The standard InChI is InChI=1S/C15H22N2O.ClH/c1-17(11-13-8-5-9-13)15(18)14(16)10-12-6-3-2-4-7-12;/h2-4,6-7,13-14H,5,8-11,16H2,1H3;1H/t14-;/m0./s1. The van der Waals surface area contributed by atoms with Crippen LogP contribution in [-0.4, -0.2) is 30.4 Å². The first kappa shape index (κ1) is 16.0. The molecule has 0 saturated heterocycles. The van der Waals surface area contributed by atoms with E-state index in [2.05, 4.69) is 0 Å². The molecule has 0 aliphatic heterocycles. The molecule has 1 saturated carbocycles. The van der Waals surface area contributed by atoms with Gasteiger partial charge in [0.1, 0.15) is 0 Å². The molecule has 0 radical (unpaired) electrons. The number of amides is 1. The summed E-state index contributed by atoms with van der Waals surface area (Å²) >= 11 is 0. The van der Waals surface area contributed by atoms with Gasteiger partial charge in [0.15, 0.2) is 0 Å². The highest BCUT2D eigenvalue weighted by Crippen LogP contribution is 2.26. The molecule has 1 amide bonds. The zero-order valence-corrected chi connectivity index (χ0v) is 12.2. The molecule has 1 aromatic carbocycles. The van der Waals surface area contributed by atoms with Crippen LogP contribution in [0.5, 0.6) is 0 Å². The molecule has 19 heavy (non-hydrogen) atoms. The summed E-state index contributed by atoms with van der Waals surface area (Å²) in [6, 6.07) is 9.53. The molecule has 1 fully saturated rings. The Morgan fingerprint density at radius 1 is 1.37 bits per heavy atom. The summed E-state index contributed by atoms with van der Waals surface area (Å²) in [5.74, 6) is 0.758. The number of halogens is 1. The number of benzene rings is 1. The van der Waals surface area contributed by atoms with Crippen LogP contribution in [0.1, 0.15) is 24.8 Å². The lowest BCUT2D eigenvalue weighted by Crippen LogP contribution is -2.45. The van der Waals surface area contributed by atoms with Crippen molar-refractivity contribution in [2.24, 2.45) is 11.7 Å². The molecule has 3 nitrogen and oxygen atoms in total. The Labute approximate surface area is 121 Å². The first-order chi connectivity index (χ1) is 8.66. The average molecular weight is 283 g/mol. The van der Waals surface area contributed by atoms with Gasteiger partial charge in [0, 0.05) is 13.6 Å². The summed E-state index contributed by atoms with van der Waals surface area (Å²) in [5, 5.41) is 0. The van der Waals surface area contributed by atoms with Crippen LogP contribution in [0.2, 0.25) is 0 Å². The van der Waals surface area contributed by atoms with Gasteiger partial charge < -0.3 is 10.6 Å². The van der Waals surface area contributed by atoms with Gasteiger partial charge in [0.2, 0.25) is 5.91 Å². The third-order valence-electron chi connectivity index (χ3n) is 3.75. The largest absolute Gasteiger partial charge is 0.344 e. The minimum atomic E-state index is -0.419. The van der Waals surface area contributed by atoms with Crippen LogP contribution in [0.25, 0.3) is 0 Å². The first-order valence-electron chi connectivity index (χ1n) is 6.71. The number of carbonyl (C=O) groups excluding carboxylic acids is 1. The first-order valence-corrected chi connectivity index (χ1v) is 6.71. The van der Waals surface area contributed by atoms with Crippen LogP contribution in [0, 0.1) is 5.92 Å². The summed E-state index contributed by atoms with van der Waals surface area (Å²) in [4.78, 5) is 13.9. The highest BCUT2D eigenvalue weighted by molar-refractivity contribution is 5.85. The van der Waals surface area contributed by atoms with Crippen molar-refractivity contribution in [1.29, 1.82) is 0 Å². The normalized spacial score (nSPS) is 16.1. The van der Waals surface area contributed by atoms with Crippen LogP contribution in [0.3, 0.4) is 0 Å². The molecule has 4 heteroatoms. The fourth-order valence-corrected chi connectivity index (χ4v) is 2.39. The van der Waals surface area contributed by atoms with Gasteiger partial charge in [0.05, 0.1) is 6.04 Å². The van der Waals surface area contributed by atoms with E-state index in [1.807, 2.05) is 37.4 Å². The van der Waals surface area contributed by atoms with Gasteiger partial charge in [-0.05, 0) is 30.7 Å². The number of likely N-dealkylation sites (N-methyl/N-ethyl adjacent to an activating group) is 1. The molecule has 1 aliphatic rings. The smallest absolute Gasteiger partial charge is 0.239 e. The Kier molecular flexibility index (Phi) is 6.32. The van der Waals surface area contributed by atoms with E-state index in [0.29, 0.717) is 12.3 Å². The summed E-state index contributed by atoms with van der Waals surface area (Å²) in [7, 11) is 1.87. The number of nitrogens with zero attached hydrogens (tertiary/aromatic N) is 1. The summed E-state index contributed by atoms with van der Waals surface area (Å²) < 4.78 is 0. The third-order valence-corrected chi connectivity index (χ3v) is 3.75. The summed E-state index contributed by atoms with van der Waals surface area (Å²) in [6.45, 7) is 0.862. The fraction of sp³-hybridized carbons (Fsp3) is 0.533. The van der Waals surface area contributed by atoms with Crippen molar-refractivity contribution in [1.82, 2.24) is 4.90 Å². The van der Waals surface area contributed by atoms with Crippen LogP contribution in [-0.2, 0) is 11.2 Å². The molecule has 1 atom stereocenters. The van der Waals surface area contributed by atoms with Gasteiger partial charge in [-0.3, -0.25) is 4.79 Å². The quantitative estimate of drug-likeness (QED) is 0.900. The third kappa shape index (κ3) is 4.51. The van der Waals surface area contributed by atoms with E-state index >= 15 is 0 Å². The van der Waals surface area contributed by atoms with E-state index in [-0.39, 0.29) is 18.3 Å². The molecular weight excluding hydrogens is 260 g/mol. The molecule has 2 N–H and O–H groups in total. The average Bonchev–Trinajstić information content (AvgIpc) is 2.33. The van der Waals surface area contributed by atoms with Gasteiger partial charge in [-0.1, -0.05) is 36.8 Å². The van der Waals surface area contributed by atoms with Crippen LogP contribution < -0.4 is 5.73 Å². The molecule has 2 rings (SSSR count). The van der Waals surface area contributed by atoms with E-state index in [9.17, 15) is 4.79 Å². The zero-order valence-electron chi connectivity index (χ0n) is 11.4. The van der Waals surface area contributed by atoms with E-state index < -0.39 is 6.04 Å². The minimum Gasteiger partial charge on any atom is -0.344 e. The maximum Gasteiger partial charge on any atom is 0.239 e. The second-order valence-electron chi connectivity index (χ2n) is 5.31. The molecule has 1 aromatic rings. The molecule has 0 spiro atoms. The zero-order chi connectivity index (χ0) is 13.0. The van der Waals surface area contributed by atoms with Gasteiger partial charge in [-0.2, -0.15) is 0 Å². The van der Waals surface area contributed by atoms with Crippen molar-refractivity contribution < 1.29 is 4.79 Å². The van der Waals surface area contributed by atoms with Crippen molar-refractivity contribution in [2.75, 3.05) is 13.6 Å². The number of rotatable bonds is 5. The highest BCUT2D eigenvalue weighted by atomic mass is 35.5. The Morgan fingerprint density at radius 2 is 2.00 bits per heavy atom. The fourth-order valence-electron chi connectivity index (χ4n) is 2.39.